The molecule has 0 aliphatic heterocycles. The number of rotatable bonds is 3. The highest BCUT2D eigenvalue weighted by Gasteiger charge is 2.15. The van der Waals surface area contributed by atoms with Crippen molar-refractivity contribution in [3.05, 3.63) is 42.2 Å². The van der Waals surface area contributed by atoms with Crippen LogP contribution < -0.4 is 10.6 Å². The fourth-order valence-electron chi connectivity index (χ4n) is 2.95. The summed E-state index contributed by atoms with van der Waals surface area (Å²) in [6.07, 6.45) is 6.99. The second-order valence-corrected chi connectivity index (χ2v) is 5.53. The van der Waals surface area contributed by atoms with Crippen LogP contribution in [0.15, 0.2) is 41.5 Å². The normalized spacial score (nSPS) is 15.6. The van der Waals surface area contributed by atoms with E-state index in [1.807, 2.05) is 19.3 Å². The summed E-state index contributed by atoms with van der Waals surface area (Å²) in [4.78, 5) is 8.81. The Balaban J connectivity index is 0.00000176. The summed E-state index contributed by atoms with van der Waals surface area (Å²) in [6.45, 7) is 0.688. The molecule has 2 aromatic rings. The van der Waals surface area contributed by atoms with E-state index in [-0.39, 0.29) is 24.0 Å². The van der Waals surface area contributed by atoms with E-state index >= 15 is 0 Å². The summed E-state index contributed by atoms with van der Waals surface area (Å²) >= 11 is 0. The Labute approximate surface area is 148 Å². The maximum Gasteiger partial charge on any atom is 0.191 e. The predicted octanol–water partition coefficient (Wildman–Crippen LogP) is 3.46. The summed E-state index contributed by atoms with van der Waals surface area (Å²) in [5.41, 5.74) is 1.06. The largest absolute Gasteiger partial charge is 0.354 e. The third kappa shape index (κ3) is 4.09. The average Bonchev–Trinajstić information content (AvgIpc) is 3.04. The van der Waals surface area contributed by atoms with Crippen LogP contribution in [0.1, 0.15) is 31.4 Å². The van der Waals surface area contributed by atoms with Crippen molar-refractivity contribution in [2.75, 3.05) is 7.05 Å². The van der Waals surface area contributed by atoms with Crippen LogP contribution in [0, 0.1) is 0 Å². The van der Waals surface area contributed by atoms with Crippen molar-refractivity contribution in [3.8, 4) is 0 Å². The molecule has 3 rings (SSSR count). The number of pyridine rings is 1. The quantitative estimate of drug-likeness (QED) is 0.463. The van der Waals surface area contributed by atoms with Crippen molar-refractivity contribution >= 4 is 40.7 Å². The topological polar surface area (TPSA) is 49.3 Å². The molecule has 1 aromatic heterocycles. The Morgan fingerprint density at radius 2 is 2.00 bits per heavy atom. The number of aliphatic imine (C=N–C) groups is 1. The van der Waals surface area contributed by atoms with Crippen molar-refractivity contribution < 1.29 is 0 Å². The highest BCUT2D eigenvalue weighted by atomic mass is 127. The van der Waals surface area contributed by atoms with E-state index in [0.29, 0.717) is 12.6 Å². The monoisotopic (exact) mass is 410 g/mol. The first-order valence-corrected chi connectivity index (χ1v) is 7.66. The summed E-state index contributed by atoms with van der Waals surface area (Å²) in [7, 11) is 1.82. The molecule has 22 heavy (non-hydrogen) atoms. The van der Waals surface area contributed by atoms with Crippen LogP contribution in [0.2, 0.25) is 0 Å². The number of halogens is 1. The Morgan fingerprint density at radius 1 is 1.23 bits per heavy atom. The molecular formula is C17H23IN4. The molecule has 1 aliphatic rings. The summed E-state index contributed by atoms with van der Waals surface area (Å²) < 4.78 is 0. The maximum absolute atomic E-state index is 4.50. The number of fused-ring (bicyclic) bond motifs is 1. The molecule has 0 atom stereocenters. The van der Waals surface area contributed by atoms with Gasteiger partial charge in [-0.05, 0) is 24.3 Å². The smallest absolute Gasteiger partial charge is 0.191 e. The molecule has 0 bridgehead atoms. The zero-order valence-corrected chi connectivity index (χ0v) is 15.2. The molecule has 1 aliphatic carbocycles. The molecule has 118 valence electrons. The van der Waals surface area contributed by atoms with E-state index in [0.717, 1.165) is 11.7 Å². The third-order valence-electron chi connectivity index (χ3n) is 4.10. The number of hydrogen-bond acceptors (Lipinski definition) is 2. The van der Waals surface area contributed by atoms with Gasteiger partial charge in [0, 0.05) is 24.7 Å². The molecule has 0 radical (unpaired) electrons. The van der Waals surface area contributed by atoms with Crippen LogP contribution in [0.25, 0.3) is 10.8 Å². The van der Waals surface area contributed by atoms with Gasteiger partial charge >= 0.3 is 0 Å². The van der Waals surface area contributed by atoms with Crippen molar-refractivity contribution in [3.63, 3.8) is 0 Å². The predicted molar refractivity (Wildman–Crippen MR) is 103 cm³/mol. The van der Waals surface area contributed by atoms with Crippen LogP contribution >= 0.6 is 24.0 Å². The van der Waals surface area contributed by atoms with Crippen molar-refractivity contribution in [2.45, 2.75) is 38.3 Å². The zero-order valence-electron chi connectivity index (χ0n) is 12.9. The van der Waals surface area contributed by atoms with Crippen LogP contribution in [-0.2, 0) is 6.54 Å². The van der Waals surface area contributed by atoms with Gasteiger partial charge in [-0.15, -0.1) is 24.0 Å². The lowest BCUT2D eigenvalue weighted by molar-refractivity contribution is 0.613. The van der Waals surface area contributed by atoms with Gasteiger partial charge in [0.15, 0.2) is 5.96 Å². The fraction of sp³-hybridized carbons (Fsp3) is 0.412. The van der Waals surface area contributed by atoms with Gasteiger partial charge in [-0.1, -0.05) is 37.1 Å². The van der Waals surface area contributed by atoms with Gasteiger partial charge in [-0.25, -0.2) is 0 Å². The van der Waals surface area contributed by atoms with Crippen LogP contribution in [-0.4, -0.2) is 24.0 Å². The maximum atomic E-state index is 4.50. The molecule has 0 saturated heterocycles. The molecule has 0 spiro atoms. The van der Waals surface area contributed by atoms with Crippen LogP contribution in [0.5, 0.6) is 0 Å². The Morgan fingerprint density at radius 3 is 2.77 bits per heavy atom. The number of aromatic nitrogens is 1. The number of guanidine groups is 1. The molecule has 1 heterocycles. The first kappa shape index (κ1) is 17.0. The van der Waals surface area contributed by atoms with Crippen molar-refractivity contribution in [1.29, 1.82) is 0 Å². The zero-order chi connectivity index (χ0) is 14.5. The van der Waals surface area contributed by atoms with E-state index in [2.05, 4.69) is 44.9 Å². The van der Waals surface area contributed by atoms with Crippen molar-refractivity contribution in [2.24, 2.45) is 4.99 Å². The molecule has 5 heteroatoms. The van der Waals surface area contributed by atoms with E-state index in [1.54, 1.807) is 0 Å². The highest BCUT2D eigenvalue weighted by molar-refractivity contribution is 14.0. The van der Waals surface area contributed by atoms with E-state index < -0.39 is 0 Å². The minimum absolute atomic E-state index is 0. The molecule has 0 amide bonds. The second-order valence-electron chi connectivity index (χ2n) is 5.53. The summed E-state index contributed by atoms with van der Waals surface area (Å²) in [5, 5.41) is 9.30. The molecule has 4 nitrogen and oxygen atoms in total. The van der Waals surface area contributed by atoms with Gasteiger partial charge in [0.1, 0.15) is 0 Å². The molecule has 2 N–H and O–H groups in total. The molecule has 1 saturated carbocycles. The molecule has 1 fully saturated rings. The first-order valence-electron chi connectivity index (χ1n) is 7.66. The molecule has 0 unspecified atom stereocenters. The Kier molecular flexibility index (Phi) is 6.42. The summed E-state index contributed by atoms with van der Waals surface area (Å²) in [6, 6.07) is 11.0. The van der Waals surface area contributed by atoms with Gasteiger partial charge in [0.25, 0.3) is 0 Å². The fourth-order valence-corrected chi connectivity index (χ4v) is 2.95. The average molecular weight is 410 g/mol. The van der Waals surface area contributed by atoms with E-state index in [4.69, 9.17) is 0 Å². The van der Waals surface area contributed by atoms with Crippen molar-refractivity contribution in [1.82, 2.24) is 15.6 Å². The number of hydrogen-bond donors (Lipinski definition) is 2. The minimum Gasteiger partial charge on any atom is -0.354 e. The van der Waals surface area contributed by atoms with Gasteiger partial charge < -0.3 is 10.6 Å². The summed E-state index contributed by atoms with van der Waals surface area (Å²) in [5.74, 6) is 0.872. The first-order chi connectivity index (χ1) is 10.4. The van der Waals surface area contributed by atoms with E-state index in [9.17, 15) is 0 Å². The van der Waals surface area contributed by atoms with Gasteiger partial charge in [0.2, 0.25) is 0 Å². The standard InChI is InChI=1S/C17H22N4.HI/c1-18-17(21-14-7-3-4-8-14)20-12-16-15-9-5-2-6-13(15)10-11-19-16;/h2,5-6,9-11,14H,3-4,7-8,12H2,1H3,(H2,18,20,21);1H. The molecule has 1 aromatic carbocycles. The van der Waals surface area contributed by atoms with E-state index in [1.165, 1.54) is 36.5 Å². The Bertz CT molecular complexity index is 630. The van der Waals surface area contributed by atoms with Gasteiger partial charge in [-0.2, -0.15) is 0 Å². The Hall–Kier alpha value is -1.37. The third-order valence-corrected chi connectivity index (χ3v) is 4.10. The van der Waals surface area contributed by atoms with Gasteiger partial charge in [0.05, 0.1) is 12.2 Å². The lowest BCUT2D eigenvalue weighted by atomic mass is 10.1. The number of nitrogens with one attached hydrogen (secondary N) is 2. The lowest BCUT2D eigenvalue weighted by Gasteiger charge is -2.17. The molecular weight excluding hydrogens is 387 g/mol. The number of nitrogens with zero attached hydrogens (tertiary/aromatic N) is 2. The second kappa shape index (κ2) is 8.31. The van der Waals surface area contributed by atoms with Crippen LogP contribution in [0.3, 0.4) is 0 Å². The SMILES string of the molecule is CN=C(NCc1nccc2ccccc12)NC1CCCC1.I. The number of benzene rings is 1. The van der Waals surface area contributed by atoms with Crippen LogP contribution in [0.4, 0.5) is 0 Å². The lowest BCUT2D eigenvalue weighted by Crippen LogP contribution is -2.42. The van der Waals surface area contributed by atoms with Gasteiger partial charge in [-0.3, -0.25) is 9.98 Å². The minimum atomic E-state index is 0. The highest BCUT2D eigenvalue weighted by Crippen LogP contribution is 2.18.